The number of amides is 1. The third kappa shape index (κ3) is 4.78. The summed E-state index contributed by atoms with van der Waals surface area (Å²) in [5.41, 5.74) is 1.46. The Morgan fingerprint density at radius 2 is 1.79 bits per heavy atom. The van der Waals surface area contributed by atoms with Crippen LogP contribution in [0, 0.1) is 0 Å². The minimum absolute atomic E-state index is 0.161. The lowest BCUT2D eigenvalue weighted by molar-refractivity contribution is -0.113. The Balaban J connectivity index is 1.77. The van der Waals surface area contributed by atoms with Gasteiger partial charge < -0.3 is 14.8 Å². The van der Waals surface area contributed by atoms with Gasteiger partial charge in [0.15, 0.2) is 11.0 Å². The van der Waals surface area contributed by atoms with Crippen molar-refractivity contribution in [3.8, 4) is 22.9 Å². The highest BCUT2D eigenvalue weighted by molar-refractivity contribution is 7.99. The van der Waals surface area contributed by atoms with Gasteiger partial charge in [0.1, 0.15) is 11.5 Å². The predicted molar refractivity (Wildman–Crippen MR) is 115 cm³/mol. The van der Waals surface area contributed by atoms with Crippen molar-refractivity contribution in [2.24, 2.45) is 0 Å². The van der Waals surface area contributed by atoms with Gasteiger partial charge in [-0.25, -0.2) is 0 Å². The Hall–Kier alpha value is -3.26. The van der Waals surface area contributed by atoms with E-state index >= 15 is 0 Å². The summed E-state index contributed by atoms with van der Waals surface area (Å²) in [4.78, 5) is 12.4. The Kier molecular flexibility index (Phi) is 6.91. The van der Waals surface area contributed by atoms with E-state index < -0.39 is 0 Å². The van der Waals surface area contributed by atoms with Gasteiger partial charge in [0.2, 0.25) is 5.91 Å². The summed E-state index contributed by atoms with van der Waals surface area (Å²) in [5.74, 6) is 2.00. The first-order chi connectivity index (χ1) is 14.2. The first-order valence-electron chi connectivity index (χ1n) is 8.91. The highest BCUT2D eigenvalue weighted by atomic mass is 32.2. The second-order valence-corrected chi connectivity index (χ2v) is 6.89. The zero-order valence-electron chi connectivity index (χ0n) is 16.3. The van der Waals surface area contributed by atoms with E-state index in [2.05, 4.69) is 22.1 Å². The SMILES string of the molecule is C=CCn1c(SCC(=O)Nc2ccccc2OC)nnc1-c1ccccc1OC. The molecule has 150 valence electrons. The van der Waals surface area contributed by atoms with E-state index in [-0.39, 0.29) is 11.7 Å². The van der Waals surface area contributed by atoms with E-state index in [1.54, 1.807) is 32.4 Å². The summed E-state index contributed by atoms with van der Waals surface area (Å²) in [7, 11) is 3.18. The monoisotopic (exact) mass is 410 g/mol. The number of rotatable bonds is 9. The normalized spacial score (nSPS) is 10.4. The lowest BCUT2D eigenvalue weighted by atomic mass is 10.2. The molecule has 0 fully saturated rings. The topological polar surface area (TPSA) is 78.3 Å². The Morgan fingerprint density at radius 1 is 1.10 bits per heavy atom. The molecule has 0 aliphatic carbocycles. The van der Waals surface area contributed by atoms with Crippen molar-refractivity contribution in [1.29, 1.82) is 0 Å². The van der Waals surface area contributed by atoms with Gasteiger partial charge in [-0.3, -0.25) is 9.36 Å². The summed E-state index contributed by atoms with van der Waals surface area (Å²) in [6, 6.07) is 14.9. The molecular weight excluding hydrogens is 388 g/mol. The Morgan fingerprint density at radius 3 is 2.52 bits per heavy atom. The largest absolute Gasteiger partial charge is 0.496 e. The van der Waals surface area contributed by atoms with Crippen molar-refractivity contribution in [1.82, 2.24) is 14.8 Å². The molecule has 2 aromatic carbocycles. The van der Waals surface area contributed by atoms with Gasteiger partial charge in [0, 0.05) is 6.54 Å². The molecule has 0 atom stereocenters. The molecule has 0 bridgehead atoms. The van der Waals surface area contributed by atoms with Crippen LogP contribution in [0.5, 0.6) is 11.5 Å². The van der Waals surface area contributed by atoms with Gasteiger partial charge in [-0.2, -0.15) is 0 Å². The molecule has 1 heterocycles. The van der Waals surface area contributed by atoms with E-state index in [1.165, 1.54) is 11.8 Å². The Bertz CT molecular complexity index is 1000. The number of methoxy groups -OCH3 is 2. The van der Waals surface area contributed by atoms with E-state index in [0.717, 1.165) is 5.56 Å². The molecule has 0 aliphatic heterocycles. The van der Waals surface area contributed by atoms with Crippen LogP contribution < -0.4 is 14.8 Å². The molecule has 29 heavy (non-hydrogen) atoms. The summed E-state index contributed by atoms with van der Waals surface area (Å²) < 4.78 is 12.6. The van der Waals surface area contributed by atoms with Crippen LogP contribution in [-0.4, -0.2) is 40.6 Å². The van der Waals surface area contributed by atoms with Crippen molar-refractivity contribution in [2.75, 3.05) is 25.3 Å². The average Bonchev–Trinajstić information content (AvgIpc) is 3.15. The van der Waals surface area contributed by atoms with Crippen LogP contribution in [-0.2, 0) is 11.3 Å². The summed E-state index contributed by atoms with van der Waals surface area (Å²) in [6.45, 7) is 4.32. The minimum atomic E-state index is -0.161. The molecule has 3 aromatic rings. The predicted octanol–water partition coefficient (Wildman–Crippen LogP) is 3.88. The Labute approximate surface area is 173 Å². The molecule has 0 unspecified atom stereocenters. The van der Waals surface area contributed by atoms with Gasteiger partial charge >= 0.3 is 0 Å². The highest BCUT2D eigenvalue weighted by Crippen LogP contribution is 2.31. The second kappa shape index (κ2) is 9.79. The average molecular weight is 410 g/mol. The van der Waals surface area contributed by atoms with Crippen LogP contribution in [0.2, 0.25) is 0 Å². The van der Waals surface area contributed by atoms with Crippen LogP contribution >= 0.6 is 11.8 Å². The quantitative estimate of drug-likeness (QED) is 0.426. The molecule has 0 saturated heterocycles. The number of hydrogen-bond acceptors (Lipinski definition) is 6. The lowest BCUT2D eigenvalue weighted by Gasteiger charge is -2.11. The van der Waals surface area contributed by atoms with Crippen molar-refractivity contribution >= 4 is 23.4 Å². The van der Waals surface area contributed by atoms with E-state index in [9.17, 15) is 4.79 Å². The maximum atomic E-state index is 12.4. The highest BCUT2D eigenvalue weighted by Gasteiger charge is 2.18. The fourth-order valence-corrected chi connectivity index (χ4v) is 3.53. The van der Waals surface area contributed by atoms with Crippen LogP contribution in [0.3, 0.4) is 0 Å². The van der Waals surface area contributed by atoms with E-state index in [1.807, 2.05) is 41.0 Å². The van der Waals surface area contributed by atoms with Crippen LogP contribution in [0.1, 0.15) is 0 Å². The number of nitrogens with zero attached hydrogens (tertiary/aromatic N) is 3. The number of carbonyl (C=O) groups is 1. The maximum absolute atomic E-state index is 12.4. The maximum Gasteiger partial charge on any atom is 0.234 e. The molecule has 1 N–H and O–H groups in total. The number of anilines is 1. The fraction of sp³-hybridized carbons (Fsp3) is 0.190. The number of nitrogens with one attached hydrogen (secondary N) is 1. The molecule has 0 radical (unpaired) electrons. The third-order valence-corrected chi connectivity index (χ3v) is 5.06. The fourth-order valence-electron chi connectivity index (χ4n) is 2.78. The van der Waals surface area contributed by atoms with Crippen molar-refractivity contribution in [2.45, 2.75) is 11.7 Å². The number of para-hydroxylation sites is 3. The number of benzene rings is 2. The van der Waals surface area contributed by atoms with Gasteiger partial charge in [0.25, 0.3) is 0 Å². The standard InChI is InChI=1S/C21H22N4O3S/c1-4-13-25-20(15-9-5-7-11-17(15)27-2)23-24-21(25)29-14-19(26)22-16-10-6-8-12-18(16)28-3/h4-12H,1,13-14H2,2-3H3,(H,22,26). The number of carbonyl (C=O) groups excluding carboxylic acids is 1. The van der Waals surface area contributed by atoms with Gasteiger partial charge in [-0.05, 0) is 24.3 Å². The van der Waals surface area contributed by atoms with Crippen molar-refractivity contribution in [3.05, 3.63) is 61.2 Å². The first kappa shape index (κ1) is 20.5. The number of aromatic nitrogens is 3. The number of hydrogen-bond donors (Lipinski definition) is 1. The van der Waals surface area contributed by atoms with Crippen molar-refractivity contribution < 1.29 is 14.3 Å². The summed E-state index contributed by atoms with van der Waals surface area (Å²) in [6.07, 6.45) is 1.77. The van der Waals surface area contributed by atoms with Crippen LogP contribution in [0.25, 0.3) is 11.4 Å². The third-order valence-electron chi connectivity index (χ3n) is 4.09. The molecule has 0 spiro atoms. The lowest BCUT2D eigenvalue weighted by Crippen LogP contribution is -2.15. The molecule has 0 saturated carbocycles. The smallest absolute Gasteiger partial charge is 0.234 e. The van der Waals surface area contributed by atoms with Gasteiger partial charge in [-0.1, -0.05) is 42.1 Å². The molecule has 8 heteroatoms. The molecule has 7 nitrogen and oxygen atoms in total. The minimum Gasteiger partial charge on any atom is -0.496 e. The zero-order valence-corrected chi connectivity index (χ0v) is 17.1. The molecule has 3 rings (SSSR count). The van der Waals surface area contributed by atoms with Gasteiger partial charge in [-0.15, -0.1) is 16.8 Å². The summed E-state index contributed by atoms with van der Waals surface area (Å²) >= 11 is 1.30. The summed E-state index contributed by atoms with van der Waals surface area (Å²) in [5, 5.41) is 12.1. The number of allylic oxidation sites excluding steroid dienone is 1. The van der Waals surface area contributed by atoms with E-state index in [0.29, 0.717) is 34.7 Å². The first-order valence-corrected chi connectivity index (χ1v) is 9.89. The van der Waals surface area contributed by atoms with Crippen LogP contribution in [0.4, 0.5) is 5.69 Å². The van der Waals surface area contributed by atoms with E-state index in [4.69, 9.17) is 9.47 Å². The van der Waals surface area contributed by atoms with Crippen LogP contribution in [0.15, 0.2) is 66.3 Å². The number of ether oxygens (including phenoxy) is 2. The zero-order chi connectivity index (χ0) is 20.6. The van der Waals surface area contributed by atoms with Gasteiger partial charge in [0.05, 0.1) is 31.2 Å². The molecule has 0 aliphatic rings. The molecule has 1 aromatic heterocycles. The second-order valence-electron chi connectivity index (χ2n) is 5.94. The molecular formula is C21H22N4O3S. The number of thioether (sulfide) groups is 1. The molecule has 1 amide bonds. The van der Waals surface area contributed by atoms with Crippen molar-refractivity contribution in [3.63, 3.8) is 0 Å².